The van der Waals surface area contributed by atoms with Gasteiger partial charge in [-0.25, -0.2) is 4.98 Å². The monoisotopic (exact) mass is 259 g/mol. The van der Waals surface area contributed by atoms with Gasteiger partial charge in [-0.05, 0) is 24.8 Å². The van der Waals surface area contributed by atoms with E-state index in [1.807, 2.05) is 12.1 Å². The molecule has 1 heterocycles. The van der Waals surface area contributed by atoms with Gasteiger partial charge in [-0.2, -0.15) is 5.26 Å². The van der Waals surface area contributed by atoms with E-state index in [0.29, 0.717) is 24.7 Å². The Morgan fingerprint density at radius 1 is 1.63 bits per heavy atom. The maximum absolute atomic E-state index is 10.5. The Labute approximate surface area is 114 Å². The van der Waals surface area contributed by atoms with Gasteiger partial charge in [0.25, 0.3) is 0 Å². The predicted octanol–water partition coefficient (Wildman–Crippen LogP) is 1.98. The van der Waals surface area contributed by atoms with Crippen molar-refractivity contribution in [2.75, 3.05) is 6.54 Å². The Balaban J connectivity index is 1.88. The molecule has 0 bridgehead atoms. The third kappa shape index (κ3) is 3.76. The predicted molar refractivity (Wildman–Crippen MR) is 73.2 cm³/mol. The van der Waals surface area contributed by atoms with E-state index in [9.17, 15) is 5.11 Å². The van der Waals surface area contributed by atoms with Crippen molar-refractivity contribution < 1.29 is 5.11 Å². The van der Waals surface area contributed by atoms with Crippen LogP contribution in [0.4, 0.5) is 0 Å². The summed E-state index contributed by atoms with van der Waals surface area (Å²) in [5, 5.41) is 22.7. The van der Waals surface area contributed by atoms with Crippen molar-refractivity contribution in [3.05, 3.63) is 29.6 Å². The van der Waals surface area contributed by atoms with E-state index in [4.69, 9.17) is 5.26 Å². The second kappa shape index (κ2) is 6.14. The first kappa shape index (κ1) is 14.0. The molecule has 2 rings (SSSR count). The molecule has 19 heavy (non-hydrogen) atoms. The lowest BCUT2D eigenvalue weighted by molar-refractivity contribution is -0.0119. The highest BCUT2D eigenvalue weighted by molar-refractivity contribution is 5.30. The fourth-order valence-electron chi connectivity index (χ4n) is 2.90. The lowest BCUT2D eigenvalue weighted by Gasteiger charge is -2.35. The third-order valence-electron chi connectivity index (χ3n) is 3.83. The van der Waals surface area contributed by atoms with Crippen molar-refractivity contribution >= 4 is 0 Å². The van der Waals surface area contributed by atoms with Crippen molar-refractivity contribution in [3.63, 3.8) is 0 Å². The van der Waals surface area contributed by atoms with Crippen molar-refractivity contribution in [3.8, 4) is 6.07 Å². The van der Waals surface area contributed by atoms with Crippen LogP contribution in [0.2, 0.25) is 0 Å². The molecule has 0 aromatic carbocycles. The van der Waals surface area contributed by atoms with Crippen LogP contribution in [-0.4, -0.2) is 22.2 Å². The number of nitrogens with one attached hydrogen (secondary N) is 1. The van der Waals surface area contributed by atoms with E-state index in [-0.39, 0.29) is 0 Å². The molecule has 1 aromatic rings. The highest BCUT2D eigenvalue weighted by Gasteiger charge is 2.31. The normalized spacial score (nSPS) is 26.9. The Kier molecular flexibility index (Phi) is 4.52. The van der Waals surface area contributed by atoms with Gasteiger partial charge in [-0.15, -0.1) is 0 Å². The first-order valence-electron chi connectivity index (χ1n) is 6.90. The van der Waals surface area contributed by atoms with Crippen LogP contribution in [-0.2, 0) is 6.54 Å². The summed E-state index contributed by atoms with van der Waals surface area (Å²) < 4.78 is 0. The van der Waals surface area contributed by atoms with Crippen LogP contribution in [0, 0.1) is 17.2 Å². The van der Waals surface area contributed by atoms with Gasteiger partial charge in [-0.1, -0.05) is 25.8 Å². The smallest absolute Gasteiger partial charge is 0.144 e. The lowest BCUT2D eigenvalue weighted by Crippen LogP contribution is -2.43. The Bertz CT molecular complexity index is 469. The molecule has 0 saturated heterocycles. The molecular formula is C15H21N3O. The molecule has 0 spiro atoms. The average Bonchev–Trinajstić information content (AvgIpc) is 2.39. The fraction of sp³-hybridized carbons (Fsp3) is 0.600. The van der Waals surface area contributed by atoms with Crippen molar-refractivity contribution in [1.29, 1.82) is 5.26 Å². The molecule has 1 saturated carbocycles. The minimum Gasteiger partial charge on any atom is -0.389 e. The number of aromatic nitrogens is 1. The van der Waals surface area contributed by atoms with E-state index in [1.54, 1.807) is 6.20 Å². The van der Waals surface area contributed by atoms with Gasteiger partial charge < -0.3 is 10.4 Å². The largest absolute Gasteiger partial charge is 0.389 e. The molecule has 1 fully saturated rings. The summed E-state index contributed by atoms with van der Waals surface area (Å²) in [6.07, 6.45) is 5.65. The Morgan fingerprint density at radius 2 is 2.47 bits per heavy atom. The number of nitrogens with zero attached hydrogens (tertiary/aromatic N) is 2. The summed E-state index contributed by atoms with van der Waals surface area (Å²) in [4.78, 5) is 4.03. The number of nitriles is 1. The van der Waals surface area contributed by atoms with Gasteiger partial charge in [0.1, 0.15) is 11.8 Å². The Morgan fingerprint density at radius 3 is 3.21 bits per heavy atom. The first-order chi connectivity index (χ1) is 9.13. The molecule has 2 unspecified atom stereocenters. The minimum absolute atomic E-state index is 0.457. The maximum Gasteiger partial charge on any atom is 0.144 e. The highest BCUT2D eigenvalue weighted by Crippen LogP contribution is 2.31. The van der Waals surface area contributed by atoms with Crippen molar-refractivity contribution in [1.82, 2.24) is 10.3 Å². The zero-order valence-electron chi connectivity index (χ0n) is 11.4. The van der Waals surface area contributed by atoms with E-state index in [0.717, 1.165) is 24.8 Å². The van der Waals surface area contributed by atoms with Crippen molar-refractivity contribution in [2.24, 2.45) is 5.92 Å². The molecule has 102 valence electrons. The minimum atomic E-state index is -0.591. The zero-order valence-corrected chi connectivity index (χ0v) is 11.4. The standard InChI is InChI=1S/C15H21N3O/c1-12-4-2-6-15(19,8-12)11-17-10-13-5-3-7-18-14(13)9-16/h3,5,7,12,17,19H,2,4,6,8,10-11H2,1H3. The number of hydrogen-bond donors (Lipinski definition) is 2. The molecule has 4 heteroatoms. The third-order valence-corrected chi connectivity index (χ3v) is 3.83. The van der Waals surface area contributed by atoms with Crippen LogP contribution in [0.3, 0.4) is 0 Å². The SMILES string of the molecule is CC1CCCC(O)(CNCc2cccnc2C#N)C1. The van der Waals surface area contributed by atoms with E-state index in [1.165, 1.54) is 6.42 Å². The van der Waals surface area contributed by atoms with Crippen LogP contribution in [0.25, 0.3) is 0 Å². The number of hydrogen-bond acceptors (Lipinski definition) is 4. The molecule has 1 aliphatic rings. The number of aliphatic hydroxyl groups is 1. The molecule has 0 amide bonds. The summed E-state index contributed by atoms with van der Waals surface area (Å²) in [7, 11) is 0. The summed E-state index contributed by atoms with van der Waals surface area (Å²) >= 11 is 0. The van der Waals surface area contributed by atoms with E-state index in [2.05, 4.69) is 23.3 Å². The zero-order chi connectivity index (χ0) is 13.7. The molecule has 4 nitrogen and oxygen atoms in total. The summed E-state index contributed by atoms with van der Waals surface area (Å²) in [5.74, 6) is 0.591. The lowest BCUT2D eigenvalue weighted by atomic mass is 9.79. The van der Waals surface area contributed by atoms with Gasteiger partial charge >= 0.3 is 0 Å². The van der Waals surface area contributed by atoms with Crippen LogP contribution >= 0.6 is 0 Å². The number of rotatable bonds is 4. The van der Waals surface area contributed by atoms with Gasteiger partial charge in [-0.3, -0.25) is 0 Å². The average molecular weight is 259 g/mol. The molecule has 1 aliphatic carbocycles. The fourth-order valence-corrected chi connectivity index (χ4v) is 2.90. The number of pyridine rings is 1. The van der Waals surface area contributed by atoms with Crippen LogP contribution in [0.5, 0.6) is 0 Å². The quantitative estimate of drug-likeness (QED) is 0.867. The second-order valence-electron chi connectivity index (χ2n) is 5.65. The molecule has 2 N–H and O–H groups in total. The topological polar surface area (TPSA) is 68.9 Å². The van der Waals surface area contributed by atoms with Gasteiger partial charge in [0.2, 0.25) is 0 Å². The Hall–Kier alpha value is -1.44. The summed E-state index contributed by atoms with van der Waals surface area (Å²) in [6.45, 7) is 3.35. The van der Waals surface area contributed by atoms with Crippen LogP contribution in [0.15, 0.2) is 18.3 Å². The molecule has 1 aromatic heterocycles. The second-order valence-corrected chi connectivity index (χ2v) is 5.65. The van der Waals surface area contributed by atoms with Gasteiger partial charge in [0, 0.05) is 24.8 Å². The van der Waals surface area contributed by atoms with Gasteiger partial charge in [0.05, 0.1) is 5.60 Å². The van der Waals surface area contributed by atoms with E-state index < -0.39 is 5.60 Å². The van der Waals surface area contributed by atoms with Crippen molar-refractivity contribution in [2.45, 2.75) is 44.8 Å². The van der Waals surface area contributed by atoms with E-state index >= 15 is 0 Å². The van der Waals surface area contributed by atoms with Crippen LogP contribution in [0.1, 0.15) is 43.9 Å². The molecule has 0 radical (unpaired) electrons. The first-order valence-corrected chi connectivity index (χ1v) is 6.90. The summed E-state index contributed by atoms with van der Waals surface area (Å²) in [6, 6.07) is 5.81. The molecular weight excluding hydrogens is 238 g/mol. The summed E-state index contributed by atoms with van der Waals surface area (Å²) in [5.41, 5.74) is 0.753. The molecule has 0 aliphatic heterocycles. The van der Waals surface area contributed by atoms with Gasteiger partial charge in [0.15, 0.2) is 0 Å². The maximum atomic E-state index is 10.5. The van der Waals surface area contributed by atoms with Crippen LogP contribution < -0.4 is 5.32 Å². The highest BCUT2D eigenvalue weighted by atomic mass is 16.3. The molecule has 2 atom stereocenters.